The van der Waals surface area contributed by atoms with Gasteiger partial charge < -0.3 is 14.8 Å². The van der Waals surface area contributed by atoms with Crippen molar-refractivity contribution in [3.8, 4) is 0 Å². The number of aryl methyl sites for hydroxylation is 1. The number of amides is 2. The molecule has 3 aliphatic rings. The minimum atomic E-state index is -0.311. The molecule has 3 heterocycles. The number of fused-ring (bicyclic) bond motifs is 2. The van der Waals surface area contributed by atoms with Crippen LogP contribution >= 0.6 is 0 Å². The Morgan fingerprint density at radius 3 is 2.39 bits per heavy atom. The lowest BCUT2D eigenvalue weighted by atomic mass is 9.83. The first-order valence-electron chi connectivity index (χ1n) is 11.9. The van der Waals surface area contributed by atoms with E-state index in [2.05, 4.69) is 39.3 Å². The first-order valence-corrected chi connectivity index (χ1v) is 11.9. The molecule has 3 aromatic rings. The molecule has 2 amide bonds. The number of piperazine rings is 1. The van der Waals surface area contributed by atoms with Crippen LogP contribution < -0.4 is 10.2 Å². The van der Waals surface area contributed by atoms with Crippen molar-refractivity contribution in [2.45, 2.75) is 25.7 Å². The van der Waals surface area contributed by atoms with Crippen molar-refractivity contribution in [1.29, 1.82) is 0 Å². The molecule has 1 aromatic heterocycles. The molecule has 0 radical (unpaired) electrons. The number of aromatic nitrogens is 1. The largest absolute Gasteiger partial charge is 0.369 e. The summed E-state index contributed by atoms with van der Waals surface area (Å²) in [5, 5.41) is 3.55. The van der Waals surface area contributed by atoms with E-state index in [0.29, 0.717) is 11.1 Å². The molecular formula is C27H28N4O2. The topological polar surface area (TPSA) is 68.4 Å². The van der Waals surface area contributed by atoms with Crippen LogP contribution in [0.1, 0.15) is 35.1 Å². The van der Waals surface area contributed by atoms with Crippen LogP contribution in [0.15, 0.2) is 42.6 Å². The molecule has 0 spiro atoms. The maximum absolute atomic E-state index is 13.2. The second kappa shape index (κ2) is 7.89. The number of carbonyl (C=O) groups is 2. The van der Waals surface area contributed by atoms with Crippen molar-refractivity contribution in [3.63, 3.8) is 0 Å². The fourth-order valence-electron chi connectivity index (χ4n) is 5.57. The van der Waals surface area contributed by atoms with Gasteiger partial charge in [-0.2, -0.15) is 0 Å². The summed E-state index contributed by atoms with van der Waals surface area (Å²) in [6.07, 6.45) is 6.10. The van der Waals surface area contributed by atoms with Gasteiger partial charge in [0.05, 0.1) is 11.1 Å². The summed E-state index contributed by atoms with van der Waals surface area (Å²) in [7, 11) is 2.16. The Balaban J connectivity index is 1.56. The zero-order chi connectivity index (χ0) is 22.5. The van der Waals surface area contributed by atoms with E-state index in [-0.39, 0.29) is 11.8 Å². The Morgan fingerprint density at radius 2 is 1.58 bits per heavy atom. The first-order chi connectivity index (χ1) is 16.1. The number of benzene rings is 2. The summed E-state index contributed by atoms with van der Waals surface area (Å²) in [6.45, 7) is 3.98. The predicted molar refractivity (Wildman–Crippen MR) is 131 cm³/mol. The molecular weight excluding hydrogens is 412 g/mol. The lowest BCUT2D eigenvalue weighted by Gasteiger charge is -2.35. The van der Waals surface area contributed by atoms with E-state index in [9.17, 15) is 9.59 Å². The van der Waals surface area contributed by atoms with Crippen molar-refractivity contribution < 1.29 is 9.59 Å². The van der Waals surface area contributed by atoms with E-state index in [0.717, 1.165) is 79.6 Å². The van der Waals surface area contributed by atoms with E-state index in [1.54, 1.807) is 0 Å². The van der Waals surface area contributed by atoms with Crippen LogP contribution in [0.5, 0.6) is 0 Å². The number of hydrogen-bond acceptors (Lipinski definition) is 4. The molecule has 0 unspecified atom stereocenters. The average Bonchev–Trinajstić information content (AvgIpc) is 3.38. The Kier molecular flexibility index (Phi) is 4.84. The van der Waals surface area contributed by atoms with Gasteiger partial charge in [-0.3, -0.25) is 14.9 Å². The second-order valence-electron chi connectivity index (χ2n) is 9.41. The highest BCUT2D eigenvalue weighted by Gasteiger charge is 2.35. The van der Waals surface area contributed by atoms with Gasteiger partial charge in [0, 0.05) is 54.5 Å². The summed E-state index contributed by atoms with van der Waals surface area (Å²) in [5.41, 5.74) is 7.42. The number of carbonyl (C=O) groups excluding carboxylic acids is 2. The number of nitrogens with zero attached hydrogens (tertiary/aromatic N) is 2. The number of H-pyrrole nitrogens is 1. The Labute approximate surface area is 193 Å². The molecule has 6 heteroatoms. The molecule has 168 valence electrons. The van der Waals surface area contributed by atoms with E-state index in [1.165, 1.54) is 11.1 Å². The smallest absolute Gasteiger partial charge is 0.259 e. The third kappa shape index (κ3) is 3.37. The van der Waals surface area contributed by atoms with Crippen LogP contribution in [0.4, 0.5) is 5.69 Å². The van der Waals surface area contributed by atoms with Crippen LogP contribution in [0.25, 0.3) is 22.0 Å². The molecule has 0 saturated carbocycles. The molecule has 1 aliphatic carbocycles. The molecule has 2 aromatic carbocycles. The summed E-state index contributed by atoms with van der Waals surface area (Å²) in [5.74, 6) is -0.599. The van der Waals surface area contributed by atoms with Gasteiger partial charge in [0.25, 0.3) is 11.8 Å². The Hall–Kier alpha value is -3.38. The van der Waals surface area contributed by atoms with E-state index >= 15 is 0 Å². The number of hydrogen-bond donors (Lipinski definition) is 2. The maximum Gasteiger partial charge on any atom is 0.259 e. The number of imide groups is 1. The Morgan fingerprint density at radius 1 is 0.848 bits per heavy atom. The molecule has 1 fully saturated rings. The highest BCUT2D eigenvalue weighted by Crippen LogP contribution is 2.40. The second-order valence-corrected chi connectivity index (χ2v) is 9.41. The van der Waals surface area contributed by atoms with Crippen molar-refractivity contribution >= 4 is 39.6 Å². The molecule has 6 nitrogen and oxygen atoms in total. The minimum Gasteiger partial charge on any atom is -0.369 e. The first kappa shape index (κ1) is 20.2. The lowest BCUT2D eigenvalue weighted by Crippen LogP contribution is -2.44. The number of anilines is 1. The molecule has 2 aliphatic heterocycles. The van der Waals surface area contributed by atoms with Gasteiger partial charge in [0.2, 0.25) is 0 Å². The van der Waals surface area contributed by atoms with Crippen molar-refractivity contribution in [2.24, 2.45) is 0 Å². The van der Waals surface area contributed by atoms with Crippen molar-refractivity contribution in [1.82, 2.24) is 15.2 Å². The highest BCUT2D eigenvalue weighted by molar-refractivity contribution is 6.50. The normalized spacial score (nSPS) is 19.4. The zero-order valence-corrected chi connectivity index (χ0v) is 18.9. The minimum absolute atomic E-state index is 0.288. The predicted octanol–water partition coefficient (Wildman–Crippen LogP) is 3.37. The van der Waals surface area contributed by atoms with E-state index in [4.69, 9.17) is 0 Å². The standard InChI is InChI=1S/C27H28N4O2/c1-30-10-12-31(13-11-30)18-14-17-6-2-3-7-19(17)21(15-18)24-25(27(33)29-26(24)32)22-16-28-23-9-5-4-8-20(22)23/h4-5,8-9,14-16,28H,2-3,6-7,10-13H2,1H3,(H,29,32,33). The van der Waals surface area contributed by atoms with Crippen LogP contribution in [0.2, 0.25) is 0 Å². The molecule has 0 bridgehead atoms. The molecule has 6 rings (SSSR count). The van der Waals surface area contributed by atoms with Crippen molar-refractivity contribution in [2.75, 3.05) is 38.1 Å². The van der Waals surface area contributed by atoms with Gasteiger partial charge in [0.1, 0.15) is 0 Å². The molecule has 0 atom stereocenters. The fraction of sp³-hybridized carbons (Fsp3) is 0.333. The third-order valence-corrected chi connectivity index (χ3v) is 7.38. The average molecular weight is 441 g/mol. The van der Waals surface area contributed by atoms with Crippen LogP contribution in [0.3, 0.4) is 0 Å². The Bertz CT molecular complexity index is 1310. The molecule has 33 heavy (non-hydrogen) atoms. The van der Waals surface area contributed by atoms with E-state index < -0.39 is 0 Å². The quantitative estimate of drug-likeness (QED) is 0.613. The summed E-state index contributed by atoms with van der Waals surface area (Å²) in [4.78, 5) is 34.3. The highest BCUT2D eigenvalue weighted by atomic mass is 16.2. The number of likely N-dealkylation sites (N-methyl/N-ethyl adjacent to an activating group) is 1. The SMILES string of the molecule is CN1CCN(c2cc3c(c(C4=C(c5c[nH]c6ccccc56)C(=O)NC4=O)c2)CCCC3)CC1. The monoisotopic (exact) mass is 440 g/mol. The van der Waals surface area contributed by atoms with Gasteiger partial charge in [-0.15, -0.1) is 0 Å². The molecule has 1 saturated heterocycles. The summed E-state index contributed by atoms with van der Waals surface area (Å²) in [6, 6.07) is 12.4. The van der Waals surface area contributed by atoms with Crippen molar-refractivity contribution in [3.05, 3.63) is 64.8 Å². The zero-order valence-electron chi connectivity index (χ0n) is 18.9. The number of nitrogens with one attached hydrogen (secondary N) is 2. The van der Waals surface area contributed by atoms with Gasteiger partial charge >= 0.3 is 0 Å². The number of rotatable bonds is 3. The van der Waals surface area contributed by atoms with Crippen LogP contribution in [-0.4, -0.2) is 54.9 Å². The maximum atomic E-state index is 13.2. The van der Waals surface area contributed by atoms with Crippen LogP contribution in [-0.2, 0) is 22.4 Å². The number of aromatic amines is 1. The van der Waals surface area contributed by atoms with Gasteiger partial charge in [-0.05, 0) is 67.6 Å². The van der Waals surface area contributed by atoms with Crippen LogP contribution in [0, 0.1) is 0 Å². The lowest BCUT2D eigenvalue weighted by molar-refractivity contribution is -0.122. The van der Waals surface area contributed by atoms with Gasteiger partial charge in [0.15, 0.2) is 0 Å². The number of para-hydroxylation sites is 1. The van der Waals surface area contributed by atoms with E-state index in [1.807, 2.05) is 30.5 Å². The third-order valence-electron chi connectivity index (χ3n) is 7.38. The molecule has 2 N–H and O–H groups in total. The summed E-state index contributed by atoms with van der Waals surface area (Å²) >= 11 is 0. The van der Waals surface area contributed by atoms with Gasteiger partial charge in [-0.1, -0.05) is 18.2 Å². The van der Waals surface area contributed by atoms with Gasteiger partial charge in [-0.25, -0.2) is 0 Å². The fourth-order valence-corrected chi connectivity index (χ4v) is 5.57. The summed E-state index contributed by atoms with van der Waals surface area (Å²) < 4.78 is 0.